The van der Waals surface area contributed by atoms with Crippen LogP contribution < -0.4 is 10.1 Å². The van der Waals surface area contributed by atoms with E-state index in [0.717, 1.165) is 33.5 Å². The monoisotopic (exact) mass is 458 g/mol. The molecule has 0 radical (unpaired) electrons. The third-order valence-corrected chi connectivity index (χ3v) is 6.15. The molecule has 0 aliphatic carbocycles. The van der Waals surface area contributed by atoms with Crippen LogP contribution in [0.5, 0.6) is 5.75 Å². The van der Waals surface area contributed by atoms with Crippen molar-refractivity contribution in [2.75, 3.05) is 7.11 Å². The minimum absolute atomic E-state index is 0.0507. The molecular weight excluding hydrogens is 432 g/mol. The molecule has 0 unspecified atom stereocenters. The van der Waals surface area contributed by atoms with Crippen LogP contribution in [0.4, 0.5) is 0 Å². The van der Waals surface area contributed by atoms with Crippen LogP contribution in [-0.2, 0) is 23.5 Å². The Bertz CT molecular complexity index is 1210. The minimum atomic E-state index is -0.0507. The van der Waals surface area contributed by atoms with Crippen molar-refractivity contribution in [2.45, 2.75) is 30.8 Å². The number of thioether (sulfide) groups is 1. The number of amides is 1. The Kier molecular flexibility index (Phi) is 7.42. The SMILES string of the molecule is COc1cccc(CSc2nnc(CNC(=O)Cc3ccccc3)n2-c2ccc(C)cc2)c1. The highest BCUT2D eigenvalue weighted by Crippen LogP contribution is 2.27. The van der Waals surface area contributed by atoms with E-state index >= 15 is 0 Å². The number of aromatic nitrogens is 3. The van der Waals surface area contributed by atoms with E-state index < -0.39 is 0 Å². The van der Waals surface area contributed by atoms with Gasteiger partial charge in [-0.05, 0) is 42.3 Å². The van der Waals surface area contributed by atoms with Crippen molar-refractivity contribution in [2.24, 2.45) is 0 Å². The number of nitrogens with one attached hydrogen (secondary N) is 1. The number of nitrogens with zero attached hydrogens (tertiary/aromatic N) is 3. The van der Waals surface area contributed by atoms with Gasteiger partial charge in [-0.1, -0.05) is 71.9 Å². The van der Waals surface area contributed by atoms with E-state index in [1.165, 1.54) is 5.56 Å². The second-order valence-corrected chi connectivity index (χ2v) is 8.59. The quantitative estimate of drug-likeness (QED) is 0.367. The maximum absolute atomic E-state index is 12.5. The van der Waals surface area contributed by atoms with E-state index in [1.54, 1.807) is 18.9 Å². The molecule has 0 fully saturated rings. The normalized spacial score (nSPS) is 10.7. The van der Waals surface area contributed by atoms with Gasteiger partial charge in [-0.25, -0.2) is 0 Å². The number of carbonyl (C=O) groups excluding carboxylic acids is 1. The number of aryl methyl sites for hydroxylation is 1. The van der Waals surface area contributed by atoms with E-state index in [-0.39, 0.29) is 5.91 Å². The average Bonchev–Trinajstić information content (AvgIpc) is 3.25. The molecule has 1 aromatic heterocycles. The average molecular weight is 459 g/mol. The van der Waals surface area contributed by atoms with Crippen molar-refractivity contribution < 1.29 is 9.53 Å². The Hall–Kier alpha value is -3.58. The molecule has 0 aliphatic heterocycles. The lowest BCUT2D eigenvalue weighted by Gasteiger charge is -2.12. The summed E-state index contributed by atoms with van der Waals surface area (Å²) >= 11 is 1.60. The molecular formula is C26H26N4O2S. The van der Waals surface area contributed by atoms with Crippen LogP contribution in [0, 0.1) is 6.92 Å². The van der Waals surface area contributed by atoms with Gasteiger partial charge in [0.2, 0.25) is 5.91 Å². The fourth-order valence-corrected chi connectivity index (χ4v) is 4.31. The molecule has 0 atom stereocenters. The van der Waals surface area contributed by atoms with Gasteiger partial charge in [-0.2, -0.15) is 0 Å². The van der Waals surface area contributed by atoms with Crippen LogP contribution in [0.15, 0.2) is 84.0 Å². The van der Waals surface area contributed by atoms with Crippen molar-refractivity contribution in [3.63, 3.8) is 0 Å². The summed E-state index contributed by atoms with van der Waals surface area (Å²) in [6.45, 7) is 2.35. The summed E-state index contributed by atoms with van der Waals surface area (Å²) in [4.78, 5) is 12.5. The van der Waals surface area contributed by atoms with Gasteiger partial charge >= 0.3 is 0 Å². The number of hydrogen-bond acceptors (Lipinski definition) is 5. The number of rotatable bonds is 9. The standard InChI is InChI=1S/C26H26N4O2S/c1-19-11-13-22(14-12-19)30-24(17-27-25(31)16-20-7-4-3-5-8-20)28-29-26(30)33-18-21-9-6-10-23(15-21)32-2/h3-15H,16-18H2,1-2H3,(H,27,31). The molecule has 1 N–H and O–H groups in total. The molecule has 0 saturated heterocycles. The summed E-state index contributed by atoms with van der Waals surface area (Å²) in [5, 5.41) is 12.6. The summed E-state index contributed by atoms with van der Waals surface area (Å²) in [6.07, 6.45) is 0.330. The van der Waals surface area contributed by atoms with Crippen molar-refractivity contribution in [1.29, 1.82) is 0 Å². The summed E-state index contributed by atoms with van der Waals surface area (Å²) < 4.78 is 7.34. The lowest BCUT2D eigenvalue weighted by Crippen LogP contribution is -2.26. The number of benzene rings is 3. The third-order valence-electron chi connectivity index (χ3n) is 5.15. The molecule has 7 heteroatoms. The first-order valence-electron chi connectivity index (χ1n) is 10.7. The van der Waals surface area contributed by atoms with Gasteiger partial charge in [0.25, 0.3) is 0 Å². The summed E-state index contributed by atoms with van der Waals surface area (Å²) in [6, 6.07) is 25.9. The second kappa shape index (κ2) is 10.8. The van der Waals surface area contributed by atoms with Gasteiger partial charge in [-0.3, -0.25) is 9.36 Å². The van der Waals surface area contributed by atoms with E-state index in [1.807, 2.05) is 65.2 Å². The zero-order chi connectivity index (χ0) is 23.0. The lowest BCUT2D eigenvalue weighted by atomic mass is 10.1. The zero-order valence-corrected chi connectivity index (χ0v) is 19.5. The fourth-order valence-electron chi connectivity index (χ4n) is 3.39. The van der Waals surface area contributed by atoms with Gasteiger partial charge in [-0.15, -0.1) is 10.2 Å². The van der Waals surface area contributed by atoms with Crippen LogP contribution in [0.2, 0.25) is 0 Å². The van der Waals surface area contributed by atoms with E-state index in [9.17, 15) is 4.79 Å². The topological polar surface area (TPSA) is 69.0 Å². The van der Waals surface area contributed by atoms with Crippen molar-refractivity contribution in [3.8, 4) is 11.4 Å². The Morgan fingerprint density at radius 1 is 0.970 bits per heavy atom. The van der Waals surface area contributed by atoms with E-state index in [0.29, 0.717) is 18.8 Å². The molecule has 3 aromatic carbocycles. The Balaban J connectivity index is 1.52. The van der Waals surface area contributed by atoms with Crippen molar-refractivity contribution >= 4 is 17.7 Å². The maximum Gasteiger partial charge on any atom is 0.224 e. The number of methoxy groups -OCH3 is 1. The first-order chi connectivity index (χ1) is 16.1. The fraction of sp³-hybridized carbons (Fsp3) is 0.192. The van der Waals surface area contributed by atoms with Crippen LogP contribution in [0.3, 0.4) is 0 Å². The predicted octanol–water partition coefficient (Wildman–Crippen LogP) is 4.74. The molecule has 0 saturated carbocycles. The van der Waals surface area contributed by atoms with Crippen LogP contribution in [0.1, 0.15) is 22.5 Å². The number of ether oxygens (including phenoxy) is 1. The second-order valence-electron chi connectivity index (χ2n) is 7.65. The van der Waals surface area contributed by atoms with Crippen molar-refractivity contribution in [1.82, 2.24) is 20.1 Å². The maximum atomic E-state index is 12.5. The molecule has 0 bridgehead atoms. The van der Waals surface area contributed by atoms with Crippen molar-refractivity contribution in [3.05, 3.63) is 101 Å². The molecule has 6 nitrogen and oxygen atoms in total. The summed E-state index contributed by atoms with van der Waals surface area (Å²) in [5.74, 6) is 2.19. The molecule has 1 heterocycles. The van der Waals surface area contributed by atoms with E-state index in [4.69, 9.17) is 4.74 Å². The Labute approximate surface area is 198 Å². The summed E-state index contributed by atoms with van der Waals surface area (Å²) in [7, 11) is 1.67. The highest BCUT2D eigenvalue weighted by atomic mass is 32.2. The Morgan fingerprint density at radius 3 is 2.48 bits per heavy atom. The molecule has 4 rings (SSSR count). The minimum Gasteiger partial charge on any atom is -0.497 e. The highest BCUT2D eigenvalue weighted by Gasteiger charge is 2.16. The number of hydrogen-bond donors (Lipinski definition) is 1. The first kappa shape index (κ1) is 22.6. The molecule has 0 aliphatic rings. The highest BCUT2D eigenvalue weighted by molar-refractivity contribution is 7.98. The van der Waals surface area contributed by atoms with Gasteiger partial charge < -0.3 is 10.1 Å². The van der Waals surface area contributed by atoms with Gasteiger partial charge in [0.1, 0.15) is 5.75 Å². The smallest absolute Gasteiger partial charge is 0.224 e. The predicted molar refractivity (Wildman–Crippen MR) is 131 cm³/mol. The van der Waals surface area contributed by atoms with E-state index in [2.05, 4.69) is 40.6 Å². The first-order valence-corrected chi connectivity index (χ1v) is 11.7. The van der Waals surface area contributed by atoms with Crippen LogP contribution in [-0.4, -0.2) is 27.8 Å². The molecule has 33 heavy (non-hydrogen) atoms. The molecule has 168 valence electrons. The van der Waals surface area contributed by atoms with Gasteiger partial charge in [0, 0.05) is 11.4 Å². The number of carbonyl (C=O) groups is 1. The lowest BCUT2D eigenvalue weighted by molar-refractivity contribution is -0.120. The van der Waals surface area contributed by atoms with Gasteiger partial charge in [0.05, 0.1) is 20.1 Å². The largest absolute Gasteiger partial charge is 0.497 e. The Morgan fingerprint density at radius 2 is 1.73 bits per heavy atom. The summed E-state index contributed by atoms with van der Waals surface area (Å²) in [5.41, 5.74) is 4.25. The molecule has 4 aromatic rings. The molecule has 1 amide bonds. The zero-order valence-electron chi connectivity index (χ0n) is 18.7. The van der Waals surface area contributed by atoms with Crippen LogP contribution >= 0.6 is 11.8 Å². The van der Waals surface area contributed by atoms with Crippen LogP contribution in [0.25, 0.3) is 5.69 Å². The molecule has 0 spiro atoms. The van der Waals surface area contributed by atoms with Gasteiger partial charge in [0.15, 0.2) is 11.0 Å². The third kappa shape index (κ3) is 6.02.